The van der Waals surface area contributed by atoms with Crippen molar-refractivity contribution in [1.82, 2.24) is 19.7 Å². The highest BCUT2D eigenvalue weighted by molar-refractivity contribution is 5.97. The maximum atomic E-state index is 12.5. The molecule has 0 atom stereocenters. The quantitative estimate of drug-likeness (QED) is 0.724. The SMILES string of the molecule is C#Cc1cccc(C(=O)n2nc(-c3ccncc3)nc2N)c1. The smallest absolute Gasteiger partial charge is 0.281 e. The van der Waals surface area contributed by atoms with Crippen molar-refractivity contribution in [2.75, 3.05) is 5.73 Å². The van der Waals surface area contributed by atoms with Gasteiger partial charge in [0.15, 0.2) is 5.82 Å². The van der Waals surface area contributed by atoms with E-state index in [1.54, 1.807) is 48.8 Å². The van der Waals surface area contributed by atoms with E-state index >= 15 is 0 Å². The highest BCUT2D eigenvalue weighted by Gasteiger charge is 2.16. The first-order chi connectivity index (χ1) is 10.7. The second-order valence-electron chi connectivity index (χ2n) is 4.47. The maximum Gasteiger partial charge on any atom is 0.281 e. The summed E-state index contributed by atoms with van der Waals surface area (Å²) in [6.45, 7) is 0. The van der Waals surface area contributed by atoms with Crippen molar-refractivity contribution in [2.24, 2.45) is 0 Å². The molecule has 0 unspecified atom stereocenters. The Morgan fingerprint density at radius 2 is 2.00 bits per heavy atom. The number of hydrogen-bond donors (Lipinski definition) is 1. The van der Waals surface area contributed by atoms with Gasteiger partial charge in [0.25, 0.3) is 5.91 Å². The van der Waals surface area contributed by atoms with Crippen LogP contribution in [0.5, 0.6) is 0 Å². The van der Waals surface area contributed by atoms with Crippen molar-refractivity contribution in [3.8, 4) is 23.7 Å². The molecule has 2 heterocycles. The van der Waals surface area contributed by atoms with Crippen molar-refractivity contribution in [3.05, 3.63) is 59.9 Å². The van der Waals surface area contributed by atoms with Gasteiger partial charge in [-0.05, 0) is 30.3 Å². The highest BCUT2D eigenvalue weighted by atomic mass is 16.2. The molecule has 2 aromatic heterocycles. The summed E-state index contributed by atoms with van der Waals surface area (Å²) in [5.41, 5.74) is 7.53. The van der Waals surface area contributed by atoms with Crippen molar-refractivity contribution in [3.63, 3.8) is 0 Å². The summed E-state index contributed by atoms with van der Waals surface area (Å²) < 4.78 is 1.06. The van der Waals surface area contributed by atoms with Gasteiger partial charge in [0.2, 0.25) is 5.95 Å². The third-order valence-corrected chi connectivity index (χ3v) is 3.04. The van der Waals surface area contributed by atoms with Crippen molar-refractivity contribution >= 4 is 11.9 Å². The summed E-state index contributed by atoms with van der Waals surface area (Å²) in [7, 11) is 0. The second kappa shape index (κ2) is 5.50. The molecule has 0 aliphatic heterocycles. The number of nitrogen functional groups attached to an aromatic ring is 1. The molecule has 0 saturated heterocycles. The molecule has 3 rings (SSSR count). The number of nitrogens with two attached hydrogens (primary N) is 1. The Kier molecular flexibility index (Phi) is 3.38. The molecular formula is C16H11N5O. The van der Waals surface area contributed by atoms with Crippen molar-refractivity contribution in [2.45, 2.75) is 0 Å². The van der Waals surface area contributed by atoms with Gasteiger partial charge >= 0.3 is 0 Å². The molecule has 22 heavy (non-hydrogen) atoms. The molecule has 106 valence electrons. The first-order valence-corrected chi connectivity index (χ1v) is 6.43. The number of nitrogens with zero attached hydrogens (tertiary/aromatic N) is 4. The largest absolute Gasteiger partial charge is 0.368 e. The van der Waals surface area contributed by atoms with Gasteiger partial charge in [0.05, 0.1) is 0 Å². The number of pyridine rings is 1. The first-order valence-electron chi connectivity index (χ1n) is 6.43. The van der Waals surface area contributed by atoms with Gasteiger partial charge in [-0.3, -0.25) is 9.78 Å². The molecule has 0 fully saturated rings. The molecule has 6 heteroatoms. The van der Waals surface area contributed by atoms with Crippen LogP contribution in [0.15, 0.2) is 48.8 Å². The Labute approximate surface area is 126 Å². The lowest BCUT2D eigenvalue weighted by Crippen LogP contribution is -2.16. The molecule has 6 nitrogen and oxygen atoms in total. The normalized spacial score (nSPS) is 10.1. The summed E-state index contributed by atoms with van der Waals surface area (Å²) in [5.74, 6) is 2.48. The van der Waals surface area contributed by atoms with Gasteiger partial charge in [-0.15, -0.1) is 11.5 Å². The van der Waals surface area contributed by atoms with Crippen molar-refractivity contribution < 1.29 is 4.79 Å². The van der Waals surface area contributed by atoms with Gasteiger partial charge in [-0.1, -0.05) is 12.0 Å². The molecule has 3 aromatic rings. The zero-order valence-corrected chi connectivity index (χ0v) is 11.5. The maximum absolute atomic E-state index is 12.5. The lowest BCUT2D eigenvalue weighted by Gasteiger charge is -2.02. The number of hydrogen-bond acceptors (Lipinski definition) is 5. The van der Waals surface area contributed by atoms with E-state index < -0.39 is 0 Å². The number of carbonyl (C=O) groups excluding carboxylic acids is 1. The average molecular weight is 289 g/mol. The van der Waals surface area contributed by atoms with Crippen LogP contribution in [0.25, 0.3) is 11.4 Å². The van der Waals surface area contributed by atoms with E-state index in [-0.39, 0.29) is 11.9 Å². The molecule has 0 aliphatic carbocycles. The van der Waals surface area contributed by atoms with Gasteiger partial charge in [-0.2, -0.15) is 9.67 Å². The number of aromatic nitrogens is 4. The van der Waals surface area contributed by atoms with Gasteiger partial charge in [0, 0.05) is 29.1 Å². The second-order valence-corrected chi connectivity index (χ2v) is 4.47. The number of rotatable bonds is 2. The molecule has 0 radical (unpaired) electrons. The highest BCUT2D eigenvalue weighted by Crippen LogP contribution is 2.16. The molecule has 1 aromatic carbocycles. The van der Waals surface area contributed by atoms with E-state index in [1.165, 1.54) is 0 Å². The number of terminal acetylenes is 1. The third kappa shape index (κ3) is 2.43. The molecule has 2 N–H and O–H groups in total. The Morgan fingerprint density at radius 3 is 2.73 bits per heavy atom. The van der Waals surface area contributed by atoms with Crippen LogP contribution in [-0.2, 0) is 0 Å². The Balaban J connectivity index is 2.00. The summed E-state index contributed by atoms with van der Waals surface area (Å²) in [4.78, 5) is 20.5. The van der Waals surface area contributed by atoms with Crippen LogP contribution in [0.2, 0.25) is 0 Å². The fourth-order valence-electron chi connectivity index (χ4n) is 1.96. The van der Waals surface area contributed by atoms with E-state index in [2.05, 4.69) is 21.0 Å². The summed E-state index contributed by atoms with van der Waals surface area (Å²) in [6.07, 6.45) is 8.57. The van der Waals surface area contributed by atoms with E-state index in [1.807, 2.05) is 0 Å². The molecular weight excluding hydrogens is 278 g/mol. The van der Waals surface area contributed by atoms with Crippen LogP contribution in [0.1, 0.15) is 15.9 Å². The lowest BCUT2D eigenvalue weighted by atomic mass is 10.1. The summed E-state index contributed by atoms with van der Waals surface area (Å²) >= 11 is 0. The predicted molar refractivity (Wildman–Crippen MR) is 81.8 cm³/mol. The molecule has 0 aliphatic rings. The van der Waals surface area contributed by atoms with Crippen LogP contribution < -0.4 is 5.73 Å². The summed E-state index contributed by atoms with van der Waals surface area (Å²) in [6, 6.07) is 10.2. The van der Waals surface area contributed by atoms with Gasteiger partial charge in [0.1, 0.15) is 0 Å². The third-order valence-electron chi connectivity index (χ3n) is 3.04. The zero-order chi connectivity index (χ0) is 15.5. The fraction of sp³-hybridized carbons (Fsp3) is 0. The summed E-state index contributed by atoms with van der Waals surface area (Å²) in [5, 5.41) is 4.16. The fourth-order valence-corrected chi connectivity index (χ4v) is 1.96. The topological polar surface area (TPSA) is 86.7 Å². The molecule has 0 amide bonds. The van der Waals surface area contributed by atoms with Crippen LogP contribution in [0, 0.1) is 12.3 Å². The van der Waals surface area contributed by atoms with Gasteiger partial charge < -0.3 is 5.73 Å². The van der Waals surface area contributed by atoms with E-state index in [4.69, 9.17) is 12.2 Å². The predicted octanol–water partition coefficient (Wildman–Crippen LogP) is 1.59. The Bertz CT molecular complexity index is 877. The van der Waals surface area contributed by atoms with Crippen LogP contribution >= 0.6 is 0 Å². The minimum Gasteiger partial charge on any atom is -0.368 e. The zero-order valence-electron chi connectivity index (χ0n) is 11.5. The molecule has 0 spiro atoms. The standard InChI is InChI=1S/C16H11N5O/c1-2-11-4-3-5-13(10-11)15(22)21-16(17)19-14(20-21)12-6-8-18-9-7-12/h1,3-10H,(H2,17,19,20). The average Bonchev–Trinajstić information content (AvgIpc) is 2.97. The lowest BCUT2D eigenvalue weighted by molar-refractivity contribution is 0.0948. The number of anilines is 1. The molecule has 0 bridgehead atoms. The minimum absolute atomic E-state index is 0.0166. The first kappa shape index (κ1) is 13.5. The van der Waals surface area contributed by atoms with Gasteiger partial charge in [-0.25, -0.2) is 0 Å². The molecule has 0 saturated carbocycles. The Morgan fingerprint density at radius 1 is 1.23 bits per heavy atom. The van der Waals surface area contributed by atoms with Crippen molar-refractivity contribution in [1.29, 1.82) is 0 Å². The Hall–Kier alpha value is -3.46. The number of benzene rings is 1. The van der Waals surface area contributed by atoms with E-state index in [0.29, 0.717) is 17.0 Å². The van der Waals surface area contributed by atoms with Crippen LogP contribution in [-0.4, -0.2) is 25.7 Å². The van der Waals surface area contributed by atoms with E-state index in [9.17, 15) is 4.79 Å². The van der Waals surface area contributed by atoms with E-state index in [0.717, 1.165) is 10.2 Å². The minimum atomic E-state index is -0.387. The van der Waals surface area contributed by atoms with Crippen LogP contribution in [0.4, 0.5) is 5.95 Å². The number of carbonyl (C=O) groups is 1. The monoisotopic (exact) mass is 289 g/mol. The van der Waals surface area contributed by atoms with Crippen LogP contribution in [0.3, 0.4) is 0 Å².